The number of rotatable bonds is 5. The monoisotopic (exact) mass is 222 g/mol. The Morgan fingerprint density at radius 1 is 1.31 bits per heavy atom. The van der Waals surface area contributed by atoms with E-state index in [9.17, 15) is 0 Å². The van der Waals surface area contributed by atoms with E-state index < -0.39 is 0 Å². The zero-order valence-electron chi connectivity index (χ0n) is 10.6. The van der Waals surface area contributed by atoms with Gasteiger partial charge in [-0.2, -0.15) is 0 Å². The molecule has 4 heteroatoms. The van der Waals surface area contributed by atoms with Gasteiger partial charge in [0.15, 0.2) is 0 Å². The van der Waals surface area contributed by atoms with Gasteiger partial charge in [-0.05, 0) is 13.3 Å². The maximum absolute atomic E-state index is 5.76. The molecule has 0 fully saturated rings. The van der Waals surface area contributed by atoms with Crippen molar-refractivity contribution in [2.24, 2.45) is 0 Å². The van der Waals surface area contributed by atoms with Crippen molar-refractivity contribution in [1.29, 1.82) is 0 Å². The fourth-order valence-electron chi connectivity index (χ4n) is 1.58. The Bertz CT molecular complexity index is 336. The van der Waals surface area contributed by atoms with Crippen molar-refractivity contribution in [1.82, 2.24) is 9.97 Å². The molecule has 0 saturated heterocycles. The van der Waals surface area contributed by atoms with Gasteiger partial charge in [0.2, 0.25) is 0 Å². The first-order valence-corrected chi connectivity index (χ1v) is 5.94. The summed E-state index contributed by atoms with van der Waals surface area (Å²) in [6.45, 7) is 8.45. The van der Waals surface area contributed by atoms with Gasteiger partial charge in [0.25, 0.3) is 0 Å². The summed E-state index contributed by atoms with van der Waals surface area (Å²) in [5.41, 5.74) is 5.76. The highest BCUT2D eigenvalue weighted by Crippen LogP contribution is 2.16. The highest BCUT2D eigenvalue weighted by Gasteiger charge is 2.08. The van der Waals surface area contributed by atoms with Crippen molar-refractivity contribution in [2.75, 3.05) is 11.1 Å². The van der Waals surface area contributed by atoms with Crippen LogP contribution >= 0.6 is 0 Å². The smallest absolute Gasteiger partial charge is 0.135 e. The van der Waals surface area contributed by atoms with Gasteiger partial charge in [0, 0.05) is 18.0 Å². The number of nitrogen functional groups attached to an aromatic ring is 1. The van der Waals surface area contributed by atoms with Crippen LogP contribution in [0.25, 0.3) is 0 Å². The minimum atomic E-state index is 0.297. The predicted octanol–water partition coefficient (Wildman–Crippen LogP) is 2.78. The fraction of sp³-hybridized carbons (Fsp3) is 0.667. The van der Waals surface area contributed by atoms with E-state index in [0.29, 0.717) is 17.8 Å². The highest BCUT2D eigenvalue weighted by atomic mass is 15.1. The van der Waals surface area contributed by atoms with Crippen molar-refractivity contribution < 1.29 is 0 Å². The van der Waals surface area contributed by atoms with Crippen LogP contribution in [0.2, 0.25) is 0 Å². The lowest BCUT2D eigenvalue weighted by molar-refractivity contribution is 0.684. The Hall–Kier alpha value is -1.32. The summed E-state index contributed by atoms with van der Waals surface area (Å²) in [5, 5.41) is 3.35. The normalized spacial score (nSPS) is 12.8. The molecule has 0 aromatic carbocycles. The first-order chi connectivity index (χ1) is 7.52. The van der Waals surface area contributed by atoms with Crippen molar-refractivity contribution in [3.05, 3.63) is 11.9 Å². The van der Waals surface area contributed by atoms with Gasteiger partial charge in [-0.1, -0.05) is 27.2 Å². The third-order valence-electron chi connectivity index (χ3n) is 2.40. The van der Waals surface area contributed by atoms with Crippen LogP contribution in [0.15, 0.2) is 6.07 Å². The maximum Gasteiger partial charge on any atom is 0.135 e. The van der Waals surface area contributed by atoms with Crippen molar-refractivity contribution >= 4 is 11.6 Å². The fourth-order valence-corrected chi connectivity index (χ4v) is 1.58. The quantitative estimate of drug-likeness (QED) is 0.804. The summed E-state index contributed by atoms with van der Waals surface area (Å²) in [6, 6.07) is 2.21. The summed E-state index contributed by atoms with van der Waals surface area (Å²) in [6.07, 6.45) is 2.28. The Labute approximate surface area is 97.7 Å². The van der Waals surface area contributed by atoms with E-state index in [1.807, 2.05) is 0 Å². The van der Waals surface area contributed by atoms with Crippen LogP contribution in [0.5, 0.6) is 0 Å². The van der Waals surface area contributed by atoms with E-state index >= 15 is 0 Å². The minimum absolute atomic E-state index is 0.297. The molecule has 0 radical (unpaired) electrons. The molecule has 0 aliphatic heterocycles. The van der Waals surface area contributed by atoms with Gasteiger partial charge in [-0.3, -0.25) is 0 Å². The molecule has 90 valence electrons. The van der Waals surface area contributed by atoms with E-state index in [1.54, 1.807) is 6.07 Å². The summed E-state index contributed by atoms with van der Waals surface area (Å²) < 4.78 is 0. The lowest BCUT2D eigenvalue weighted by Crippen LogP contribution is -2.17. The lowest BCUT2D eigenvalue weighted by Gasteiger charge is -2.15. The molecule has 3 N–H and O–H groups in total. The molecule has 1 atom stereocenters. The predicted molar refractivity (Wildman–Crippen MR) is 68.5 cm³/mol. The van der Waals surface area contributed by atoms with Gasteiger partial charge in [0.05, 0.1) is 0 Å². The number of aromatic nitrogens is 2. The van der Waals surface area contributed by atoms with Crippen LogP contribution in [0.1, 0.15) is 52.3 Å². The number of hydrogen-bond acceptors (Lipinski definition) is 4. The topological polar surface area (TPSA) is 63.8 Å². The Morgan fingerprint density at radius 3 is 2.56 bits per heavy atom. The van der Waals surface area contributed by atoms with E-state index in [0.717, 1.165) is 24.5 Å². The second-order valence-electron chi connectivity index (χ2n) is 4.53. The second kappa shape index (κ2) is 5.68. The molecule has 16 heavy (non-hydrogen) atoms. The zero-order valence-corrected chi connectivity index (χ0v) is 10.6. The Kier molecular flexibility index (Phi) is 4.52. The van der Waals surface area contributed by atoms with Crippen LogP contribution in [-0.2, 0) is 0 Å². The molecule has 0 saturated carbocycles. The summed E-state index contributed by atoms with van der Waals surface area (Å²) in [4.78, 5) is 8.67. The van der Waals surface area contributed by atoms with Gasteiger partial charge in [-0.25, -0.2) is 9.97 Å². The Morgan fingerprint density at radius 2 is 2.00 bits per heavy atom. The first-order valence-electron chi connectivity index (χ1n) is 5.94. The third-order valence-corrected chi connectivity index (χ3v) is 2.40. The van der Waals surface area contributed by atoms with Crippen molar-refractivity contribution in [2.45, 2.75) is 52.5 Å². The number of nitrogens with zero attached hydrogens (tertiary/aromatic N) is 2. The second-order valence-corrected chi connectivity index (χ2v) is 4.53. The van der Waals surface area contributed by atoms with Crippen LogP contribution in [0.3, 0.4) is 0 Å². The summed E-state index contributed by atoms with van der Waals surface area (Å²) >= 11 is 0. The molecule has 1 unspecified atom stereocenters. The van der Waals surface area contributed by atoms with Crippen LogP contribution in [-0.4, -0.2) is 16.0 Å². The van der Waals surface area contributed by atoms with Crippen LogP contribution < -0.4 is 11.1 Å². The molecule has 4 nitrogen and oxygen atoms in total. The van der Waals surface area contributed by atoms with Gasteiger partial charge in [0.1, 0.15) is 17.5 Å². The molecule has 0 aliphatic carbocycles. The van der Waals surface area contributed by atoms with Crippen molar-refractivity contribution in [3.8, 4) is 0 Å². The van der Waals surface area contributed by atoms with Crippen LogP contribution in [0.4, 0.5) is 11.6 Å². The molecule has 0 aliphatic rings. The molecular formula is C12H22N4. The first kappa shape index (κ1) is 12.7. The molecule has 1 rings (SSSR count). The number of hydrogen-bond donors (Lipinski definition) is 2. The summed E-state index contributed by atoms with van der Waals surface area (Å²) in [7, 11) is 0. The average molecular weight is 222 g/mol. The largest absolute Gasteiger partial charge is 0.384 e. The summed E-state index contributed by atoms with van der Waals surface area (Å²) in [5.74, 6) is 2.46. The standard InChI is InChI=1S/C12H22N4/c1-5-6-9(4)14-11-7-10(13)15-12(16-11)8(2)3/h7-9H,5-6H2,1-4H3,(H3,13,14,15,16). The van der Waals surface area contributed by atoms with Gasteiger partial charge >= 0.3 is 0 Å². The molecule has 1 aromatic rings. The lowest BCUT2D eigenvalue weighted by atomic mass is 10.2. The third kappa shape index (κ3) is 3.68. The van der Waals surface area contributed by atoms with E-state index in [2.05, 4.69) is 43.0 Å². The minimum Gasteiger partial charge on any atom is -0.384 e. The average Bonchev–Trinajstić information content (AvgIpc) is 2.16. The van der Waals surface area contributed by atoms with Gasteiger partial charge < -0.3 is 11.1 Å². The maximum atomic E-state index is 5.76. The zero-order chi connectivity index (χ0) is 12.1. The number of nitrogens with one attached hydrogen (secondary N) is 1. The molecule has 1 heterocycles. The SMILES string of the molecule is CCCC(C)Nc1cc(N)nc(C(C)C)n1. The highest BCUT2D eigenvalue weighted by molar-refractivity contribution is 5.45. The van der Waals surface area contributed by atoms with Gasteiger partial charge in [-0.15, -0.1) is 0 Å². The van der Waals surface area contributed by atoms with Crippen LogP contribution in [0, 0.1) is 0 Å². The van der Waals surface area contributed by atoms with E-state index in [-0.39, 0.29) is 0 Å². The molecular weight excluding hydrogens is 200 g/mol. The molecule has 0 bridgehead atoms. The molecule has 0 spiro atoms. The molecule has 1 aromatic heterocycles. The number of anilines is 2. The Balaban J connectivity index is 2.80. The van der Waals surface area contributed by atoms with Crippen molar-refractivity contribution in [3.63, 3.8) is 0 Å². The van der Waals surface area contributed by atoms with E-state index in [1.165, 1.54) is 0 Å². The van der Waals surface area contributed by atoms with E-state index in [4.69, 9.17) is 5.73 Å². The molecule has 0 amide bonds. The number of nitrogens with two attached hydrogens (primary N) is 1.